The van der Waals surface area contributed by atoms with Crippen LogP contribution in [0.1, 0.15) is 31.2 Å². The summed E-state index contributed by atoms with van der Waals surface area (Å²) in [5.74, 6) is 1.65. The van der Waals surface area contributed by atoms with E-state index >= 15 is 0 Å². The molecule has 0 bridgehead atoms. The Labute approximate surface area is 120 Å². The van der Waals surface area contributed by atoms with Crippen molar-refractivity contribution in [2.45, 2.75) is 26.7 Å². The minimum absolute atomic E-state index is 0.204. The summed E-state index contributed by atoms with van der Waals surface area (Å²) in [4.78, 5) is 8.60. The van der Waals surface area contributed by atoms with Gasteiger partial charge in [0.25, 0.3) is 0 Å². The van der Waals surface area contributed by atoms with Gasteiger partial charge >= 0.3 is 0 Å². The topological polar surface area (TPSA) is 35.0 Å². The fraction of sp³-hybridized carbons (Fsp3) is 0.286. The molecule has 3 nitrogen and oxygen atoms in total. The van der Waals surface area contributed by atoms with Gasteiger partial charge < -0.3 is 4.74 Å². The number of ether oxygens (including phenoxy) is 1. The van der Waals surface area contributed by atoms with Crippen molar-refractivity contribution in [3.8, 4) is 11.6 Å². The summed E-state index contributed by atoms with van der Waals surface area (Å²) < 4.78 is 19.5. The van der Waals surface area contributed by atoms with E-state index in [-0.39, 0.29) is 11.7 Å². The second kappa shape index (κ2) is 5.65. The van der Waals surface area contributed by atoms with Crippen molar-refractivity contribution in [3.05, 3.63) is 46.1 Å². The molecule has 0 aliphatic heterocycles. The predicted octanol–water partition coefficient (Wildman–Crippen LogP) is 4.60. The zero-order valence-corrected chi connectivity index (χ0v) is 12.5. The summed E-state index contributed by atoms with van der Waals surface area (Å²) in [7, 11) is 0. The lowest BCUT2D eigenvalue weighted by atomic mass is 10.2. The number of hydrogen-bond acceptors (Lipinski definition) is 3. The Kier molecular flexibility index (Phi) is 4.14. The van der Waals surface area contributed by atoms with Crippen molar-refractivity contribution in [2.24, 2.45) is 0 Å². The van der Waals surface area contributed by atoms with Gasteiger partial charge in [0.15, 0.2) is 0 Å². The molecule has 0 unspecified atom stereocenters. The molecule has 5 heteroatoms. The zero-order valence-electron chi connectivity index (χ0n) is 10.9. The highest BCUT2D eigenvalue weighted by molar-refractivity contribution is 9.10. The van der Waals surface area contributed by atoms with Gasteiger partial charge in [0.1, 0.15) is 22.0 Å². The summed E-state index contributed by atoms with van der Waals surface area (Å²) in [6.45, 7) is 5.71. The number of hydrogen-bond donors (Lipinski definition) is 0. The van der Waals surface area contributed by atoms with Crippen LogP contribution in [-0.2, 0) is 0 Å². The number of benzene rings is 1. The fourth-order valence-corrected chi connectivity index (χ4v) is 1.90. The van der Waals surface area contributed by atoms with Gasteiger partial charge in [-0.1, -0.05) is 13.8 Å². The molecule has 2 rings (SSSR count). The van der Waals surface area contributed by atoms with Gasteiger partial charge in [0.2, 0.25) is 5.88 Å². The van der Waals surface area contributed by atoms with Crippen LogP contribution in [0.2, 0.25) is 0 Å². The van der Waals surface area contributed by atoms with Crippen LogP contribution in [0.15, 0.2) is 28.9 Å². The molecule has 1 aromatic heterocycles. The van der Waals surface area contributed by atoms with Gasteiger partial charge in [-0.3, -0.25) is 0 Å². The molecule has 0 spiro atoms. The number of aromatic nitrogens is 2. The van der Waals surface area contributed by atoms with Crippen molar-refractivity contribution in [2.75, 3.05) is 0 Å². The first kappa shape index (κ1) is 13.9. The van der Waals surface area contributed by atoms with Gasteiger partial charge in [-0.15, -0.1) is 0 Å². The second-order valence-electron chi connectivity index (χ2n) is 4.55. The molecule has 0 saturated heterocycles. The SMILES string of the molecule is Cc1cc(Oc2cc(Br)nc(C(C)C)n2)ccc1F. The highest BCUT2D eigenvalue weighted by Gasteiger charge is 2.09. The largest absolute Gasteiger partial charge is 0.439 e. The number of rotatable bonds is 3. The Morgan fingerprint density at radius 1 is 1.21 bits per heavy atom. The Bertz CT molecular complexity index is 602. The van der Waals surface area contributed by atoms with Crippen LogP contribution >= 0.6 is 15.9 Å². The molecule has 0 amide bonds. The van der Waals surface area contributed by atoms with Crippen LogP contribution in [0, 0.1) is 12.7 Å². The van der Waals surface area contributed by atoms with E-state index in [0.29, 0.717) is 27.6 Å². The molecule has 1 aromatic carbocycles. The summed E-state index contributed by atoms with van der Waals surface area (Å²) in [5.41, 5.74) is 0.537. The normalized spacial score (nSPS) is 10.8. The Balaban J connectivity index is 2.29. The molecule has 0 saturated carbocycles. The predicted molar refractivity (Wildman–Crippen MR) is 75.0 cm³/mol. The van der Waals surface area contributed by atoms with E-state index in [9.17, 15) is 4.39 Å². The maximum atomic E-state index is 13.2. The van der Waals surface area contributed by atoms with Crippen LogP contribution in [0.25, 0.3) is 0 Å². The monoisotopic (exact) mass is 324 g/mol. The molecule has 100 valence electrons. The van der Waals surface area contributed by atoms with Crippen LogP contribution in [0.5, 0.6) is 11.6 Å². The maximum absolute atomic E-state index is 13.2. The van der Waals surface area contributed by atoms with Crippen LogP contribution < -0.4 is 4.74 Å². The van der Waals surface area contributed by atoms with E-state index in [2.05, 4.69) is 25.9 Å². The summed E-state index contributed by atoms with van der Waals surface area (Å²) >= 11 is 3.33. The highest BCUT2D eigenvalue weighted by Crippen LogP contribution is 2.25. The molecule has 2 aromatic rings. The molecule has 0 N–H and O–H groups in total. The molecule has 0 radical (unpaired) electrons. The van der Waals surface area contributed by atoms with Crippen molar-refractivity contribution in [3.63, 3.8) is 0 Å². The van der Waals surface area contributed by atoms with E-state index in [4.69, 9.17) is 4.74 Å². The zero-order chi connectivity index (χ0) is 14.0. The van der Waals surface area contributed by atoms with Gasteiger partial charge in [0.05, 0.1) is 0 Å². The van der Waals surface area contributed by atoms with E-state index in [0.717, 1.165) is 0 Å². The van der Waals surface area contributed by atoms with Gasteiger partial charge in [-0.25, -0.2) is 9.37 Å². The van der Waals surface area contributed by atoms with Crippen molar-refractivity contribution in [1.82, 2.24) is 9.97 Å². The van der Waals surface area contributed by atoms with Crippen LogP contribution in [0.3, 0.4) is 0 Å². The Morgan fingerprint density at radius 3 is 2.58 bits per heavy atom. The second-order valence-corrected chi connectivity index (χ2v) is 5.37. The molecule has 19 heavy (non-hydrogen) atoms. The van der Waals surface area contributed by atoms with E-state index < -0.39 is 0 Å². The first-order chi connectivity index (χ1) is 8.95. The van der Waals surface area contributed by atoms with E-state index in [1.54, 1.807) is 25.1 Å². The molecule has 0 aliphatic rings. The van der Waals surface area contributed by atoms with Crippen molar-refractivity contribution >= 4 is 15.9 Å². The van der Waals surface area contributed by atoms with Gasteiger partial charge in [-0.05, 0) is 46.6 Å². The maximum Gasteiger partial charge on any atom is 0.223 e. The lowest BCUT2D eigenvalue weighted by Gasteiger charge is -2.09. The number of halogens is 2. The van der Waals surface area contributed by atoms with Crippen LogP contribution in [-0.4, -0.2) is 9.97 Å². The summed E-state index contributed by atoms with van der Waals surface area (Å²) in [6, 6.07) is 6.28. The van der Waals surface area contributed by atoms with Gasteiger partial charge in [0, 0.05) is 12.0 Å². The third-order valence-electron chi connectivity index (χ3n) is 2.56. The lowest BCUT2D eigenvalue weighted by molar-refractivity contribution is 0.454. The molecular formula is C14H14BrFN2O. The third kappa shape index (κ3) is 3.50. The van der Waals surface area contributed by atoms with Crippen molar-refractivity contribution < 1.29 is 9.13 Å². The van der Waals surface area contributed by atoms with Crippen molar-refractivity contribution in [1.29, 1.82) is 0 Å². The highest BCUT2D eigenvalue weighted by atomic mass is 79.9. The first-order valence-electron chi connectivity index (χ1n) is 5.94. The third-order valence-corrected chi connectivity index (χ3v) is 2.96. The Morgan fingerprint density at radius 2 is 1.95 bits per heavy atom. The molecule has 1 heterocycles. The molecule has 0 fully saturated rings. The number of aryl methyl sites for hydroxylation is 1. The smallest absolute Gasteiger partial charge is 0.223 e. The summed E-state index contributed by atoms with van der Waals surface area (Å²) in [5, 5.41) is 0. The number of nitrogens with zero attached hydrogens (tertiary/aromatic N) is 2. The van der Waals surface area contributed by atoms with E-state index in [1.807, 2.05) is 13.8 Å². The minimum atomic E-state index is -0.251. The van der Waals surface area contributed by atoms with Gasteiger partial charge in [-0.2, -0.15) is 4.98 Å². The molecule has 0 aliphatic carbocycles. The fourth-order valence-electron chi connectivity index (χ4n) is 1.53. The molecule has 0 atom stereocenters. The average Bonchev–Trinajstić information content (AvgIpc) is 2.33. The first-order valence-corrected chi connectivity index (χ1v) is 6.73. The molecular weight excluding hydrogens is 311 g/mol. The van der Waals surface area contributed by atoms with E-state index in [1.165, 1.54) is 6.07 Å². The Hall–Kier alpha value is -1.49. The standard InChI is InChI=1S/C14H14BrFN2O/c1-8(2)14-17-12(15)7-13(18-14)19-10-4-5-11(16)9(3)6-10/h4-8H,1-3H3. The lowest BCUT2D eigenvalue weighted by Crippen LogP contribution is -2.00. The average molecular weight is 325 g/mol. The summed E-state index contributed by atoms with van der Waals surface area (Å²) in [6.07, 6.45) is 0. The minimum Gasteiger partial charge on any atom is -0.439 e. The van der Waals surface area contributed by atoms with Crippen LogP contribution in [0.4, 0.5) is 4.39 Å². The quantitative estimate of drug-likeness (QED) is 0.774.